The summed E-state index contributed by atoms with van der Waals surface area (Å²) in [5.74, 6) is 1.39. The van der Waals surface area contributed by atoms with Crippen LogP contribution in [-0.2, 0) is 12.0 Å². The van der Waals surface area contributed by atoms with Gasteiger partial charge < -0.3 is 14.8 Å². The number of H-pyrrole nitrogens is 1. The van der Waals surface area contributed by atoms with E-state index in [1.54, 1.807) is 13.1 Å². The molecule has 0 spiro atoms. The molecule has 0 fully saturated rings. The first-order valence-corrected chi connectivity index (χ1v) is 8.18. The van der Waals surface area contributed by atoms with Crippen LogP contribution in [-0.4, -0.2) is 26.7 Å². The van der Waals surface area contributed by atoms with Gasteiger partial charge in [0.25, 0.3) is 0 Å². The van der Waals surface area contributed by atoms with Gasteiger partial charge in [-0.3, -0.25) is 4.98 Å². The summed E-state index contributed by atoms with van der Waals surface area (Å²) in [4.78, 5) is 12.2. The molecule has 1 aromatic carbocycles. The smallest absolute Gasteiger partial charge is 0.139 e. The molecule has 2 N–H and O–H groups in total. The Kier molecular flexibility index (Phi) is 4.28. The minimum Gasteiger partial charge on any atom is -0.493 e. The van der Waals surface area contributed by atoms with Gasteiger partial charge in [0.15, 0.2) is 0 Å². The predicted octanol–water partition coefficient (Wildman–Crippen LogP) is 3.42. The summed E-state index contributed by atoms with van der Waals surface area (Å²) in [5.41, 5.74) is 3.40. The number of imidazole rings is 1. The molecule has 0 saturated carbocycles. The number of nitrogens with zero attached hydrogens (tertiary/aromatic N) is 2. The van der Waals surface area contributed by atoms with Crippen LogP contribution in [0.25, 0.3) is 11.0 Å². The normalized spacial score (nSPS) is 13.9. The van der Waals surface area contributed by atoms with E-state index in [1.165, 1.54) is 0 Å². The molecule has 1 atom stereocenters. The van der Waals surface area contributed by atoms with Crippen LogP contribution in [0.2, 0.25) is 0 Å². The molecule has 5 nitrogen and oxygen atoms in total. The largest absolute Gasteiger partial charge is 0.493 e. The molecule has 0 amide bonds. The number of fused-ring (bicyclic) bond motifs is 1. The van der Waals surface area contributed by atoms with E-state index in [9.17, 15) is 5.11 Å². The van der Waals surface area contributed by atoms with E-state index >= 15 is 0 Å². The Hall–Kier alpha value is -2.40. The highest BCUT2D eigenvalue weighted by atomic mass is 16.5. The van der Waals surface area contributed by atoms with E-state index in [4.69, 9.17) is 4.74 Å². The number of pyridine rings is 1. The van der Waals surface area contributed by atoms with Crippen molar-refractivity contribution in [2.75, 3.05) is 6.61 Å². The van der Waals surface area contributed by atoms with Gasteiger partial charge in [0, 0.05) is 23.7 Å². The van der Waals surface area contributed by atoms with Gasteiger partial charge in [-0.2, -0.15) is 0 Å². The summed E-state index contributed by atoms with van der Waals surface area (Å²) in [6, 6.07) is 7.75. The average molecular weight is 325 g/mol. The fourth-order valence-corrected chi connectivity index (χ4v) is 2.92. The second kappa shape index (κ2) is 6.24. The number of hydrogen-bond donors (Lipinski definition) is 2. The van der Waals surface area contributed by atoms with Crippen molar-refractivity contribution in [2.24, 2.45) is 0 Å². The van der Waals surface area contributed by atoms with Crippen molar-refractivity contribution in [3.63, 3.8) is 0 Å². The monoisotopic (exact) mass is 325 g/mol. The number of nitrogens with one attached hydrogen (secondary N) is 1. The molecule has 1 unspecified atom stereocenters. The third-order valence-electron chi connectivity index (χ3n) is 4.25. The minimum atomic E-state index is -1.14. The maximum absolute atomic E-state index is 11.0. The number of aromatic amines is 1. The quantitative estimate of drug-likeness (QED) is 0.754. The Labute approximate surface area is 141 Å². The summed E-state index contributed by atoms with van der Waals surface area (Å²) in [5, 5.41) is 11.0. The van der Waals surface area contributed by atoms with Crippen LogP contribution in [0.15, 0.2) is 30.5 Å². The SMILES string of the molecule is CCOc1c(C)cnc(CC(C)(O)c2nc3ccccc3[nH]2)c1C. The minimum absolute atomic E-state index is 0.360. The number of aryl methyl sites for hydroxylation is 1. The second-order valence-corrected chi connectivity index (χ2v) is 6.33. The third-order valence-corrected chi connectivity index (χ3v) is 4.25. The summed E-state index contributed by atoms with van der Waals surface area (Å²) in [7, 11) is 0. The molecule has 2 aromatic heterocycles. The number of benzene rings is 1. The average Bonchev–Trinajstić information content (AvgIpc) is 2.99. The van der Waals surface area contributed by atoms with Crippen LogP contribution in [0.4, 0.5) is 0 Å². The van der Waals surface area contributed by atoms with E-state index in [2.05, 4.69) is 15.0 Å². The van der Waals surface area contributed by atoms with Gasteiger partial charge >= 0.3 is 0 Å². The molecule has 126 valence electrons. The molecule has 24 heavy (non-hydrogen) atoms. The Bertz CT molecular complexity index is 835. The maximum atomic E-state index is 11.0. The summed E-state index contributed by atoms with van der Waals surface area (Å²) in [6.07, 6.45) is 2.15. The Morgan fingerprint density at radius 1 is 1.25 bits per heavy atom. The van der Waals surface area contributed by atoms with Crippen LogP contribution >= 0.6 is 0 Å². The molecule has 0 bridgehead atoms. The number of para-hydroxylation sites is 2. The molecule has 2 heterocycles. The fourth-order valence-electron chi connectivity index (χ4n) is 2.92. The number of rotatable bonds is 5. The predicted molar refractivity (Wildman–Crippen MR) is 94.2 cm³/mol. The summed E-state index contributed by atoms with van der Waals surface area (Å²) >= 11 is 0. The van der Waals surface area contributed by atoms with Crippen LogP contribution in [0.3, 0.4) is 0 Å². The highest BCUT2D eigenvalue weighted by Crippen LogP contribution is 2.30. The molecule has 0 aliphatic rings. The van der Waals surface area contributed by atoms with Gasteiger partial charge in [-0.05, 0) is 39.8 Å². The second-order valence-electron chi connectivity index (χ2n) is 6.33. The molecular formula is C19H23N3O2. The van der Waals surface area contributed by atoms with Crippen molar-refractivity contribution in [3.05, 3.63) is 53.1 Å². The van der Waals surface area contributed by atoms with Crippen molar-refractivity contribution in [2.45, 2.75) is 39.7 Å². The lowest BCUT2D eigenvalue weighted by Gasteiger charge is -2.22. The number of hydrogen-bond acceptors (Lipinski definition) is 4. The van der Waals surface area contributed by atoms with Gasteiger partial charge in [-0.1, -0.05) is 12.1 Å². The van der Waals surface area contributed by atoms with Crippen molar-refractivity contribution < 1.29 is 9.84 Å². The van der Waals surface area contributed by atoms with Gasteiger partial charge in [-0.15, -0.1) is 0 Å². The third kappa shape index (κ3) is 2.99. The molecule has 3 rings (SSSR count). The topological polar surface area (TPSA) is 71.0 Å². The lowest BCUT2D eigenvalue weighted by Crippen LogP contribution is -2.27. The zero-order chi connectivity index (χ0) is 17.3. The molecule has 3 aromatic rings. The van der Waals surface area contributed by atoms with Crippen LogP contribution < -0.4 is 4.74 Å². The first-order chi connectivity index (χ1) is 11.4. The molecule has 0 aliphatic heterocycles. The zero-order valence-corrected chi connectivity index (χ0v) is 14.6. The van der Waals surface area contributed by atoms with E-state index in [0.717, 1.165) is 33.6 Å². The Balaban J connectivity index is 1.95. The lowest BCUT2D eigenvalue weighted by atomic mass is 9.96. The van der Waals surface area contributed by atoms with Gasteiger partial charge in [0.2, 0.25) is 0 Å². The number of aliphatic hydroxyl groups is 1. The molecule has 5 heteroatoms. The highest BCUT2D eigenvalue weighted by Gasteiger charge is 2.29. The first kappa shape index (κ1) is 16.5. The summed E-state index contributed by atoms with van der Waals surface area (Å²) in [6.45, 7) is 8.28. The molecule has 0 aliphatic carbocycles. The van der Waals surface area contributed by atoms with E-state index < -0.39 is 5.60 Å². The van der Waals surface area contributed by atoms with Crippen molar-refractivity contribution in [1.82, 2.24) is 15.0 Å². The van der Waals surface area contributed by atoms with Crippen LogP contribution in [0.5, 0.6) is 5.75 Å². The first-order valence-electron chi connectivity index (χ1n) is 8.18. The summed E-state index contributed by atoms with van der Waals surface area (Å²) < 4.78 is 5.73. The van der Waals surface area contributed by atoms with Crippen molar-refractivity contribution >= 4 is 11.0 Å². The zero-order valence-electron chi connectivity index (χ0n) is 14.6. The highest BCUT2D eigenvalue weighted by molar-refractivity contribution is 5.74. The standard InChI is InChI=1S/C19H23N3O2/c1-5-24-17-12(2)11-20-16(13(17)3)10-19(4,23)18-21-14-8-6-7-9-15(14)22-18/h6-9,11,23H,5,10H2,1-4H3,(H,21,22). The molecule has 0 radical (unpaired) electrons. The van der Waals surface area contributed by atoms with E-state index in [-0.39, 0.29) is 0 Å². The lowest BCUT2D eigenvalue weighted by molar-refractivity contribution is 0.0480. The van der Waals surface area contributed by atoms with E-state index in [1.807, 2.05) is 45.0 Å². The van der Waals surface area contributed by atoms with Crippen LogP contribution in [0.1, 0.15) is 36.5 Å². The Morgan fingerprint density at radius 3 is 2.71 bits per heavy atom. The molecular weight excluding hydrogens is 302 g/mol. The van der Waals surface area contributed by atoms with Gasteiger partial charge in [0.05, 0.1) is 23.3 Å². The van der Waals surface area contributed by atoms with E-state index in [0.29, 0.717) is 18.9 Å². The maximum Gasteiger partial charge on any atom is 0.139 e. The van der Waals surface area contributed by atoms with Crippen molar-refractivity contribution in [1.29, 1.82) is 0 Å². The number of ether oxygens (including phenoxy) is 1. The van der Waals surface area contributed by atoms with Crippen LogP contribution in [0, 0.1) is 13.8 Å². The van der Waals surface area contributed by atoms with Gasteiger partial charge in [0.1, 0.15) is 17.2 Å². The Morgan fingerprint density at radius 2 is 2.00 bits per heavy atom. The fraction of sp³-hybridized carbons (Fsp3) is 0.368. The van der Waals surface area contributed by atoms with Crippen molar-refractivity contribution in [3.8, 4) is 5.75 Å². The number of aromatic nitrogens is 3. The van der Waals surface area contributed by atoms with Gasteiger partial charge in [-0.25, -0.2) is 4.98 Å². The molecule has 0 saturated heterocycles.